The molecule has 0 aliphatic rings. The van der Waals surface area contributed by atoms with Crippen LogP contribution < -0.4 is 0 Å². The fourth-order valence-corrected chi connectivity index (χ4v) is 1.59. The summed E-state index contributed by atoms with van der Waals surface area (Å²) in [6.45, 7) is 0. The Hall–Kier alpha value is -0.910. The Bertz CT molecular complexity index is 482. The van der Waals surface area contributed by atoms with Gasteiger partial charge in [0.25, 0.3) is 0 Å². The van der Waals surface area contributed by atoms with E-state index in [2.05, 4.69) is 9.97 Å². The van der Waals surface area contributed by atoms with E-state index < -0.39 is 11.1 Å². The van der Waals surface area contributed by atoms with Gasteiger partial charge in [0.2, 0.25) is 16.2 Å². The molecule has 2 rings (SSSR count). The van der Waals surface area contributed by atoms with Crippen LogP contribution in [0.2, 0.25) is 5.02 Å². The van der Waals surface area contributed by atoms with Crippen LogP contribution in [0.1, 0.15) is 0 Å². The van der Waals surface area contributed by atoms with Gasteiger partial charge in [-0.25, -0.2) is 9.19 Å². The number of imidazole rings is 1. The average molecular weight is 217 g/mol. The quantitative estimate of drug-likeness (QED) is 0.715. The van der Waals surface area contributed by atoms with Crippen molar-refractivity contribution in [2.45, 2.75) is 5.16 Å². The van der Waals surface area contributed by atoms with E-state index in [1.807, 2.05) is 0 Å². The van der Waals surface area contributed by atoms with E-state index in [-0.39, 0.29) is 5.16 Å². The highest BCUT2D eigenvalue weighted by Gasteiger charge is 2.06. The monoisotopic (exact) mass is 216 g/mol. The van der Waals surface area contributed by atoms with E-state index >= 15 is 0 Å². The zero-order valence-corrected chi connectivity index (χ0v) is 7.89. The third-order valence-electron chi connectivity index (χ3n) is 1.59. The molecule has 0 fully saturated rings. The molecule has 0 aliphatic heterocycles. The lowest BCUT2D eigenvalue weighted by molar-refractivity contribution is 0.557. The van der Waals surface area contributed by atoms with Gasteiger partial charge in [0, 0.05) is 5.02 Å². The first-order chi connectivity index (χ1) is 6.16. The fraction of sp³-hybridized carbons (Fsp3) is 0. The maximum Gasteiger partial charge on any atom is 0.225 e. The smallest absolute Gasteiger partial charge is 0.225 e. The van der Waals surface area contributed by atoms with E-state index in [0.717, 1.165) is 0 Å². The van der Waals surface area contributed by atoms with Crippen LogP contribution in [0.25, 0.3) is 11.0 Å². The van der Waals surface area contributed by atoms with E-state index in [9.17, 15) is 4.21 Å². The topological polar surface area (TPSA) is 66.0 Å². The lowest BCUT2D eigenvalue weighted by atomic mass is 10.3. The number of nitrogens with one attached hydrogen (secondary N) is 1. The summed E-state index contributed by atoms with van der Waals surface area (Å²) in [7, 11) is 0. The van der Waals surface area contributed by atoms with Gasteiger partial charge >= 0.3 is 0 Å². The Morgan fingerprint density at radius 2 is 2.31 bits per heavy atom. The second-order valence-electron chi connectivity index (χ2n) is 2.45. The normalized spacial score (nSPS) is 13.4. The molecule has 6 heteroatoms. The SMILES string of the molecule is O=S(O)c1nc2ccc(Cl)cc2[nH]1. The number of halogens is 1. The number of benzene rings is 1. The van der Waals surface area contributed by atoms with Gasteiger partial charge in [-0.1, -0.05) is 11.6 Å². The molecule has 1 atom stereocenters. The highest BCUT2D eigenvalue weighted by Crippen LogP contribution is 2.17. The number of fused-ring (bicyclic) bond motifs is 1. The Kier molecular flexibility index (Phi) is 2.07. The minimum absolute atomic E-state index is 0.0391. The predicted octanol–water partition coefficient (Wildman–Crippen LogP) is 1.80. The minimum Gasteiger partial charge on any atom is -0.329 e. The minimum atomic E-state index is -2.08. The lowest BCUT2D eigenvalue weighted by Crippen LogP contribution is -1.89. The third kappa shape index (κ3) is 1.58. The maximum absolute atomic E-state index is 10.6. The van der Waals surface area contributed by atoms with Gasteiger partial charge in [-0.15, -0.1) is 0 Å². The number of hydrogen-bond donors (Lipinski definition) is 2. The molecule has 1 heterocycles. The standard InChI is InChI=1S/C7H5ClN2O2S/c8-4-1-2-5-6(3-4)10-7(9-5)13(11)12/h1-3H,(H,9,10)(H,11,12). The lowest BCUT2D eigenvalue weighted by Gasteiger charge is -1.87. The predicted molar refractivity (Wildman–Crippen MR) is 50.1 cm³/mol. The van der Waals surface area contributed by atoms with Crippen molar-refractivity contribution < 1.29 is 8.76 Å². The van der Waals surface area contributed by atoms with Crippen LogP contribution in [-0.2, 0) is 11.1 Å². The molecule has 0 spiro atoms. The molecule has 68 valence electrons. The van der Waals surface area contributed by atoms with Crippen LogP contribution in [0.3, 0.4) is 0 Å². The van der Waals surface area contributed by atoms with Crippen molar-refractivity contribution in [1.29, 1.82) is 0 Å². The summed E-state index contributed by atoms with van der Waals surface area (Å²) < 4.78 is 19.4. The first-order valence-electron chi connectivity index (χ1n) is 3.43. The highest BCUT2D eigenvalue weighted by molar-refractivity contribution is 7.79. The van der Waals surface area contributed by atoms with Crippen molar-refractivity contribution in [2.75, 3.05) is 0 Å². The molecule has 0 bridgehead atoms. The van der Waals surface area contributed by atoms with E-state index in [1.165, 1.54) is 0 Å². The summed E-state index contributed by atoms with van der Waals surface area (Å²) in [5, 5.41) is 0.601. The maximum atomic E-state index is 10.6. The van der Waals surface area contributed by atoms with Gasteiger partial charge in [0.15, 0.2) is 0 Å². The summed E-state index contributed by atoms with van der Waals surface area (Å²) in [6.07, 6.45) is 0. The van der Waals surface area contributed by atoms with Gasteiger partial charge < -0.3 is 4.98 Å². The molecular weight excluding hydrogens is 212 g/mol. The van der Waals surface area contributed by atoms with Crippen molar-refractivity contribution in [3.8, 4) is 0 Å². The molecule has 0 radical (unpaired) electrons. The molecular formula is C7H5ClN2O2S. The first-order valence-corrected chi connectivity index (χ1v) is 4.91. The number of H-pyrrole nitrogens is 1. The molecule has 1 aromatic heterocycles. The zero-order chi connectivity index (χ0) is 9.42. The molecule has 1 unspecified atom stereocenters. The van der Waals surface area contributed by atoms with Crippen LogP contribution in [0, 0.1) is 0 Å². The second-order valence-corrected chi connectivity index (χ2v) is 3.77. The summed E-state index contributed by atoms with van der Waals surface area (Å²) in [5.41, 5.74) is 1.28. The Labute approximate surface area is 81.2 Å². The van der Waals surface area contributed by atoms with Crippen LogP contribution in [0.4, 0.5) is 0 Å². The summed E-state index contributed by atoms with van der Waals surface area (Å²) in [6, 6.07) is 5.01. The van der Waals surface area contributed by atoms with Gasteiger partial charge in [-0.05, 0) is 18.2 Å². The summed E-state index contributed by atoms with van der Waals surface area (Å²) in [4.78, 5) is 6.58. The van der Waals surface area contributed by atoms with Crippen molar-refractivity contribution in [1.82, 2.24) is 9.97 Å². The Morgan fingerprint density at radius 3 is 3.00 bits per heavy atom. The van der Waals surface area contributed by atoms with Crippen LogP contribution in [-0.4, -0.2) is 18.7 Å². The van der Waals surface area contributed by atoms with Gasteiger partial charge in [0.1, 0.15) is 0 Å². The number of nitrogens with zero attached hydrogens (tertiary/aromatic N) is 1. The van der Waals surface area contributed by atoms with Crippen LogP contribution in [0.5, 0.6) is 0 Å². The van der Waals surface area contributed by atoms with Gasteiger partial charge in [0.05, 0.1) is 11.0 Å². The van der Waals surface area contributed by atoms with Crippen molar-refractivity contribution in [3.63, 3.8) is 0 Å². The van der Waals surface area contributed by atoms with Gasteiger partial charge in [-0.2, -0.15) is 0 Å². The fourth-order valence-electron chi connectivity index (χ4n) is 1.04. The van der Waals surface area contributed by atoms with Crippen molar-refractivity contribution in [3.05, 3.63) is 23.2 Å². The second kappa shape index (κ2) is 3.10. The molecule has 0 saturated carbocycles. The van der Waals surface area contributed by atoms with Crippen LogP contribution >= 0.6 is 11.6 Å². The summed E-state index contributed by atoms with van der Waals surface area (Å²) >= 11 is 3.64. The largest absolute Gasteiger partial charge is 0.329 e. The number of hydrogen-bond acceptors (Lipinski definition) is 2. The van der Waals surface area contributed by atoms with Crippen molar-refractivity contribution in [2.24, 2.45) is 0 Å². The van der Waals surface area contributed by atoms with Crippen molar-refractivity contribution >= 4 is 33.7 Å². The number of rotatable bonds is 1. The zero-order valence-electron chi connectivity index (χ0n) is 6.32. The molecule has 1 aromatic carbocycles. The van der Waals surface area contributed by atoms with E-state index in [0.29, 0.717) is 16.1 Å². The molecule has 13 heavy (non-hydrogen) atoms. The highest BCUT2D eigenvalue weighted by atomic mass is 35.5. The molecule has 4 nitrogen and oxygen atoms in total. The third-order valence-corrected chi connectivity index (χ3v) is 2.35. The van der Waals surface area contributed by atoms with E-state index in [4.69, 9.17) is 16.2 Å². The molecule has 2 aromatic rings. The Balaban J connectivity index is 2.68. The molecule has 0 saturated heterocycles. The molecule has 0 aliphatic carbocycles. The first kappa shape index (κ1) is 8.68. The van der Waals surface area contributed by atoms with Gasteiger partial charge in [-0.3, -0.25) is 4.55 Å². The van der Waals surface area contributed by atoms with Crippen LogP contribution in [0.15, 0.2) is 23.4 Å². The Morgan fingerprint density at radius 1 is 1.54 bits per heavy atom. The summed E-state index contributed by atoms with van der Waals surface area (Å²) in [5.74, 6) is 0. The number of aromatic nitrogens is 2. The molecule has 0 amide bonds. The molecule has 2 N–H and O–H groups in total. The average Bonchev–Trinajstić information content (AvgIpc) is 2.46. The van der Waals surface area contributed by atoms with E-state index in [1.54, 1.807) is 18.2 Å². The number of aromatic amines is 1.